The predicted octanol–water partition coefficient (Wildman–Crippen LogP) is 6.10. The molecule has 0 radical (unpaired) electrons. The molecule has 0 fully saturated rings. The van der Waals surface area contributed by atoms with Crippen LogP contribution >= 0.6 is 11.3 Å². The summed E-state index contributed by atoms with van der Waals surface area (Å²) in [5, 5.41) is 0.770. The van der Waals surface area contributed by atoms with Crippen LogP contribution in [0.15, 0.2) is 66.7 Å². The quantitative estimate of drug-likeness (QED) is 0.321. The first kappa shape index (κ1) is 23.1. The van der Waals surface area contributed by atoms with Gasteiger partial charge in [0.1, 0.15) is 0 Å². The van der Waals surface area contributed by atoms with Gasteiger partial charge in [-0.2, -0.15) is 0 Å². The smallest absolute Gasteiger partial charge is 0.260 e. The highest BCUT2D eigenvalue weighted by atomic mass is 32.1. The van der Waals surface area contributed by atoms with Crippen molar-refractivity contribution in [3.05, 3.63) is 94.5 Å². The fraction of sp³-hybridized carbons (Fsp3) is 0.286. The van der Waals surface area contributed by atoms with E-state index in [-0.39, 0.29) is 5.91 Å². The lowest BCUT2D eigenvalue weighted by atomic mass is 10.0. The largest absolute Gasteiger partial charge is 0.309 e. The topological polar surface area (TPSA) is 36.4 Å². The van der Waals surface area contributed by atoms with E-state index in [9.17, 15) is 4.79 Å². The average molecular weight is 458 g/mol. The highest BCUT2D eigenvalue weighted by Crippen LogP contribution is 2.32. The van der Waals surface area contributed by atoms with Crippen molar-refractivity contribution in [2.45, 2.75) is 26.7 Å². The van der Waals surface area contributed by atoms with Crippen molar-refractivity contribution in [3.63, 3.8) is 0 Å². The van der Waals surface area contributed by atoms with E-state index in [0.717, 1.165) is 34.7 Å². The SMILES string of the molecule is Cc1cc2nc(N(CCCN(C)C)C(=O)c3ccc(Cc4ccccc4)cc3)sc2cc1C. The molecule has 3 aromatic carbocycles. The number of hydrogen-bond acceptors (Lipinski definition) is 4. The molecular weight excluding hydrogens is 426 g/mol. The maximum Gasteiger partial charge on any atom is 0.260 e. The minimum atomic E-state index is 0.00696. The lowest BCUT2D eigenvalue weighted by Crippen LogP contribution is -2.33. The van der Waals surface area contributed by atoms with E-state index in [1.807, 2.05) is 23.1 Å². The molecule has 0 saturated carbocycles. The molecule has 1 aromatic heterocycles. The third-order valence-electron chi connectivity index (χ3n) is 5.91. The van der Waals surface area contributed by atoms with E-state index in [2.05, 4.69) is 81.4 Å². The third-order valence-corrected chi connectivity index (χ3v) is 6.95. The summed E-state index contributed by atoms with van der Waals surface area (Å²) in [6.07, 6.45) is 1.75. The summed E-state index contributed by atoms with van der Waals surface area (Å²) in [7, 11) is 4.11. The Kier molecular flexibility index (Phi) is 7.21. The first-order valence-corrected chi connectivity index (χ1v) is 12.2. The van der Waals surface area contributed by atoms with Gasteiger partial charge in [0.2, 0.25) is 0 Å². The maximum absolute atomic E-state index is 13.6. The summed E-state index contributed by atoms with van der Waals surface area (Å²) in [5.41, 5.74) is 6.59. The molecule has 4 aromatic rings. The number of fused-ring (bicyclic) bond motifs is 1. The summed E-state index contributed by atoms with van der Waals surface area (Å²) in [4.78, 5) is 22.4. The molecule has 4 nitrogen and oxygen atoms in total. The van der Waals surface area contributed by atoms with Crippen LogP contribution in [-0.4, -0.2) is 43.0 Å². The van der Waals surface area contributed by atoms with Crippen molar-refractivity contribution in [3.8, 4) is 0 Å². The summed E-state index contributed by atoms with van der Waals surface area (Å²) >= 11 is 1.60. The van der Waals surface area contributed by atoms with Crippen LogP contribution in [0.5, 0.6) is 0 Å². The Morgan fingerprint density at radius 1 is 0.879 bits per heavy atom. The molecule has 5 heteroatoms. The molecule has 0 aliphatic rings. The molecule has 0 aliphatic carbocycles. The number of rotatable bonds is 8. The summed E-state index contributed by atoms with van der Waals surface area (Å²) in [6.45, 7) is 5.78. The van der Waals surface area contributed by atoms with Gasteiger partial charge in [-0.3, -0.25) is 9.69 Å². The Balaban J connectivity index is 1.59. The molecule has 4 rings (SSSR count). The number of nitrogens with zero attached hydrogens (tertiary/aromatic N) is 3. The van der Waals surface area contributed by atoms with Crippen LogP contribution in [-0.2, 0) is 6.42 Å². The molecule has 170 valence electrons. The van der Waals surface area contributed by atoms with Gasteiger partial charge in [-0.05, 0) is 93.8 Å². The van der Waals surface area contributed by atoms with Gasteiger partial charge >= 0.3 is 0 Å². The second kappa shape index (κ2) is 10.3. The minimum Gasteiger partial charge on any atom is -0.309 e. The van der Waals surface area contributed by atoms with E-state index in [1.54, 1.807) is 11.3 Å². The summed E-state index contributed by atoms with van der Waals surface area (Å²) in [5.74, 6) is 0.00696. The van der Waals surface area contributed by atoms with E-state index >= 15 is 0 Å². The molecule has 0 atom stereocenters. The van der Waals surface area contributed by atoms with Crippen molar-refractivity contribution in [1.82, 2.24) is 9.88 Å². The van der Waals surface area contributed by atoms with Crippen molar-refractivity contribution in [2.24, 2.45) is 0 Å². The zero-order chi connectivity index (χ0) is 23.4. The predicted molar refractivity (Wildman–Crippen MR) is 140 cm³/mol. The van der Waals surface area contributed by atoms with Crippen molar-refractivity contribution in [2.75, 3.05) is 32.1 Å². The number of benzene rings is 3. The van der Waals surface area contributed by atoms with E-state index in [0.29, 0.717) is 12.1 Å². The van der Waals surface area contributed by atoms with Gasteiger partial charge in [-0.25, -0.2) is 4.98 Å². The van der Waals surface area contributed by atoms with Crippen LogP contribution in [0.4, 0.5) is 5.13 Å². The zero-order valence-electron chi connectivity index (χ0n) is 19.8. The van der Waals surface area contributed by atoms with Gasteiger partial charge in [0, 0.05) is 12.1 Å². The monoisotopic (exact) mass is 457 g/mol. The number of anilines is 1. The second-order valence-corrected chi connectivity index (χ2v) is 9.88. The van der Waals surface area contributed by atoms with Crippen LogP contribution < -0.4 is 4.90 Å². The van der Waals surface area contributed by atoms with E-state index in [4.69, 9.17) is 4.98 Å². The summed E-state index contributed by atoms with van der Waals surface area (Å²) in [6, 6.07) is 22.7. The van der Waals surface area contributed by atoms with Gasteiger partial charge in [0.15, 0.2) is 5.13 Å². The number of aryl methyl sites for hydroxylation is 2. The number of carbonyl (C=O) groups is 1. The molecule has 0 aliphatic heterocycles. The van der Waals surface area contributed by atoms with Crippen LogP contribution in [0.25, 0.3) is 10.2 Å². The van der Waals surface area contributed by atoms with Gasteiger partial charge in [-0.1, -0.05) is 53.8 Å². The summed E-state index contributed by atoms with van der Waals surface area (Å²) < 4.78 is 1.12. The van der Waals surface area contributed by atoms with Gasteiger partial charge in [0.05, 0.1) is 10.2 Å². The number of carbonyl (C=O) groups excluding carboxylic acids is 1. The van der Waals surface area contributed by atoms with Gasteiger partial charge in [0.25, 0.3) is 5.91 Å². The highest BCUT2D eigenvalue weighted by molar-refractivity contribution is 7.22. The van der Waals surface area contributed by atoms with Crippen molar-refractivity contribution >= 4 is 32.6 Å². The Hall–Kier alpha value is -3.02. The highest BCUT2D eigenvalue weighted by Gasteiger charge is 2.21. The molecule has 0 N–H and O–H groups in total. The molecule has 1 amide bonds. The Labute approximate surface area is 200 Å². The second-order valence-electron chi connectivity index (χ2n) is 8.87. The van der Waals surface area contributed by atoms with Gasteiger partial charge < -0.3 is 4.90 Å². The molecular formula is C28H31N3OS. The fourth-order valence-electron chi connectivity index (χ4n) is 3.86. The maximum atomic E-state index is 13.6. The molecule has 0 unspecified atom stereocenters. The van der Waals surface area contributed by atoms with Crippen LogP contribution in [0.1, 0.15) is 39.0 Å². The Morgan fingerprint density at radius 2 is 1.55 bits per heavy atom. The fourth-order valence-corrected chi connectivity index (χ4v) is 4.93. The molecule has 1 heterocycles. The van der Waals surface area contributed by atoms with E-state index < -0.39 is 0 Å². The van der Waals surface area contributed by atoms with Gasteiger partial charge in [-0.15, -0.1) is 0 Å². The third kappa shape index (κ3) is 5.67. The first-order valence-electron chi connectivity index (χ1n) is 11.4. The lowest BCUT2D eigenvalue weighted by Gasteiger charge is -2.21. The molecule has 33 heavy (non-hydrogen) atoms. The molecule has 0 spiro atoms. The Bertz CT molecular complexity index is 1190. The first-order chi connectivity index (χ1) is 15.9. The Morgan fingerprint density at radius 3 is 2.24 bits per heavy atom. The van der Waals surface area contributed by atoms with Crippen molar-refractivity contribution < 1.29 is 4.79 Å². The van der Waals surface area contributed by atoms with Crippen molar-refractivity contribution in [1.29, 1.82) is 0 Å². The van der Waals surface area contributed by atoms with Crippen LogP contribution in [0, 0.1) is 13.8 Å². The number of amides is 1. The number of hydrogen-bond donors (Lipinski definition) is 0. The molecule has 0 bridgehead atoms. The van der Waals surface area contributed by atoms with Crippen LogP contribution in [0.3, 0.4) is 0 Å². The average Bonchev–Trinajstić information content (AvgIpc) is 3.20. The standard InChI is InChI=1S/C28H31N3OS/c1-20-17-25-26(18-21(20)2)33-28(29-25)31(16-8-15-30(3)4)27(32)24-13-11-23(12-14-24)19-22-9-6-5-7-10-22/h5-7,9-14,17-18H,8,15-16,19H2,1-4H3. The molecule has 0 saturated heterocycles. The minimum absolute atomic E-state index is 0.00696. The van der Waals surface area contributed by atoms with Crippen LogP contribution in [0.2, 0.25) is 0 Å². The zero-order valence-corrected chi connectivity index (χ0v) is 20.7. The lowest BCUT2D eigenvalue weighted by molar-refractivity contribution is 0.0986. The number of aromatic nitrogens is 1. The van der Waals surface area contributed by atoms with E-state index in [1.165, 1.54) is 22.3 Å². The number of thiazole rings is 1. The normalized spacial score (nSPS) is 11.3.